The quantitative estimate of drug-likeness (QED) is 0.195. The first-order valence-corrected chi connectivity index (χ1v) is 12.4. The Morgan fingerprint density at radius 3 is 2.42 bits per heavy atom. The second-order valence-electron chi connectivity index (χ2n) is 8.42. The van der Waals surface area contributed by atoms with E-state index in [2.05, 4.69) is 4.98 Å². The highest BCUT2D eigenvalue weighted by Crippen LogP contribution is 2.45. The van der Waals surface area contributed by atoms with Gasteiger partial charge in [-0.3, -0.25) is 14.5 Å². The summed E-state index contributed by atoms with van der Waals surface area (Å²) in [5.74, 6) is -2.30. The average molecular weight is 539 g/mol. The van der Waals surface area contributed by atoms with E-state index in [0.29, 0.717) is 28.1 Å². The molecule has 0 spiro atoms. The molecule has 0 unspecified atom stereocenters. The highest BCUT2D eigenvalue weighted by molar-refractivity contribution is 7.17. The summed E-state index contributed by atoms with van der Waals surface area (Å²) in [6.45, 7) is 5.21. The summed E-state index contributed by atoms with van der Waals surface area (Å²) >= 11 is 0.905. The van der Waals surface area contributed by atoms with Crippen molar-refractivity contribution in [1.82, 2.24) is 4.98 Å². The van der Waals surface area contributed by atoms with Gasteiger partial charge in [0.15, 0.2) is 16.6 Å². The summed E-state index contributed by atoms with van der Waals surface area (Å²) in [7, 11) is 2.89. The molecule has 1 amide bonds. The normalized spacial score (nSPS) is 16.6. The van der Waals surface area contributed by atoms with Crippen molar-refractivity contribution in [1.29, 1.82) is 0 Å². The van der Waals surface area contributed by atoms with Crippen molar-refractivity contribution in [3.63, 3.8) is 0 Å². The molecule has 10 nitrogen and oxygen atoms in total. The Labute approximate surface area is 222 Å². The van der Waals surface area contributed by atoms with Gasteiger partial charge < -0.3 is 24.4 Å². The zero-order valence-electron chi connectivity index (χ0n) is 21.4. The fraction of sp³-hybridized carbons (Fsp3) is 0.259. The molecule has 3 aromatic rings. The van der Waals surface area contributed by atoms with Crippen LogP contribution < -0.4 is 14.4 Å². The molecule has 1 saturated heterocycles. The summed E-state index contributed by atoms with van der Waals surface area (Å²) < 4.78 is 15.6. The van der Waals surface area contributed by atoms with Gasteiger partial charge in [-0.2, -0.15) is 0 Å². The number of ketones is 1. The lowest BCUT2D eigenvalue weighted by molar-refractivity contribution is -0.132. The zero-order chi connectivity index (χ0) is 27.7. The number of phenolic OH excluding ortho intramolecular Hbond substituents is 1. The summed E-state index contributed by atoms with van der Waals surface area (Å²) in [4.78, 5) is 45.0. The topological polar surface area (TPSA) is 135 Å². The van der Waals surface area contributed by atoms with Gasteiger partial charge >= 0.3 is 11.9 Å². The summed E-state index contributed by atoms with van der Waals surface area (Å²) in [5, 5.41) is 21.6. The molecule has 2 heterocycles. The van der Waals surface area contributed by atoms with E-state index in [1.165, 1.54) is 32.4 Å². The Balaban J connectivity index is 1.95. The van der Waals surface area contributed by atoms with Crippen LogP contribution in [0.5, 0.6) is 17.2 Å². The third-order valence-corrected chi connectivity index (χ3v) is 7.22. The van der Waals surface area contributed by atoms with Crippen molar-refractivity contribution in [3.8, 4) is 17.2 Å². The Kier molecular flexibility index (Phi) is 7.40. The minimum atomic E-state index is -1.13. The van der Waals surface area contributed by atoms with Crippen LogP contribution in [0.15, 0.2) is 42.0 Å². The molecule has 1 aromatic heterocycles. The molecule has 38 heavy (non-hydrogen) atoms. The summed E-state index contributed by atoms with van der Waals surface area (Å²) in [6, 6.07) is 8.08. The number of ether oxygens (including phenoxy) is 3. The Bertz CT molecular complexity index is 1480. The minimum absolute atomic E-state index is 0.0784. The predicted octanol–water partition coefficient (Wildman–Crippen LogP) is 4.29. The van der Waals surface area contributed by atoms with E-state index in [4.69, 9.17) is 14.2 Å². The Morgan fingerprint density at radius 2 is 1.79 bits per heavy atom. The van der Waals surface area contributed by atoms with E-state index in [0.717, 1.165) is 16.2 Å². The van der Waals surface area contributed by atoms with E-state index < -0.39 is 29.5 Å². The standard InChI is InChI=1S/C27H26N2O8S/c1-6-37-26(34)24-14(3)28-27(38-24)29-21(15-7-9-17(30)19(12-15)36-5)20(23(32)25(29)33)22(31)16-8-10-18(35-4)13(2)11-16/h7-12,21,30-31H,6H2,1-5H3/t21-/m1/s1. The van der Waals surface area contributed by atoms with E-state index in [1.54, 1.807) is 39.0 Å². The van der Waals surface area contributed by atoms with Gasteiger partial charge in [-0.15, -0.1) is 0 Å². The summed E-state index contributed by atoms with van der Waals surface area (Å²) in [6.07, 6.45) is 0. The number of aryl methyl sites for hydroxylation is 2. The van der Waals surface area contributed by atoms with Crippen LogP contribution in [0.3, 0.4) is 0 Å². The molecule has 0 saturated carbocycles. The first-order valence-electron chi connectivity index (χ1n) is 11.6. The van der Waals surface area contributed by atoms with E-state index >= 15 is 0 Å². The molecule has 0 aliphatic carbocycles. The van der Waals surface area contributed by atoms with Crippen molar-refractivity contribution >= 4 is 39.9 Å². The number of aromatic nitrogens is 1. The fourth-order valence-corrected chi connectivity index (χ4v) is 5.25. The van der Waals surface area contributed by atoms with Crippen molar-refractivity contribution in [2.45, 2.75) is 26.8 Å². The second-order valence-corrected chi connectivity index (χ2v) is 9.39. The van der Waals surface area contributed by atoms with Crippen molar-refractivity contribution in [2.75, 3.05) is 25.7 Å². The predicted molar refractivity (Wildman–Crippen MR) is 140 cm³/mol. The number of esters is 1. The van der Waals surface area contributed by atoms with Crippen LogP contribution in [-0.4, -0.2) is 53.7 Å². The molecule has 0 bridgehead atoms. The molecular weight excluding hydrogens is 512 g/mol. The number of benzene rings is 2. The van der Waals surface area contributed by atoms with Gasteiger partial charge in [0, 0.05) is 5.56 Å². The lowest BCUT2D eigenvalue weighted by Gasteiger charge is -2.23. The zero-order valence-corrected chi connectivity index (χ0v) is 22.2. The monoisotopic (exact) mass is 538 g/mol. The highest BCUT2D eigenvalue weighted by Gasteiger charge is 2.48. The van der Waals surface area contributed by atoms with Crippen LogP contribution in [0, 0.1) is 13.8 Å². The molecule has 198 valence electrons. The molecule has 2 N–H and O–H groups in total. The maximum Gasteiger partial charge on any atom is 0.350 e. The van der Waals surface area contributed by atoms with Crippen LogP contribution >= 0.6 is 11.3 Å². The molecule has 0 radical (unpaired) electrons. The van der Waals surface area contributed by atoms with Crippen LogP contribution in [-0.2, 0) is 14.3 Å². The van der Waals surface area contributed by atoms with Gasteiger partial charge in [0.2, 0.25) is 0 Å². The number of thiazole rings is 1. The molecule has 1 aliphatic heterocycles. The van der Waals surface area contributed by atoms with E-state index in [1.807, 2.05) is 0 Å². The Hall–Kier alpha value is -4.38. The number of aliphatic hydroxyl groups excluding tert-OH is 1. The number of hydrogen-bond acceptors (Lipinski definition) is 10. The molecule has 1 fully saturated rings. The number of methoxy groups -OCH3 is 2. The molecule has 1 aliphatic rings. The van der Waals surface area contributed by atoms with Crippen LogP contribution in [0.2, 0.25) is 0 Å². The lowest BCUT2D eigenvalue weighted by atomic mass is 9.94. The number of hydrogen-bond donors (Lipinski definition) is 2. The van der Waals surface area contributed by atoms with Crippen molar-refractivity contribution in [3.05, 3.63) is 69.2 Å². The first kappa shape index (κ1) is 26.7. The van der Waals surface area contributed by atoms with Crippen LogP contribution in [0.4, 0.5) is 5.13 Å². The van der Waals surface area contributed by atoms with Crippen molar-refractivity contribution < 1.29 is 38.8 Å². The largest absolute Gasteiger partial charge is 0.507 e. The average Bonchev–Trinajstić information content (AvgIpc) is 3.40. The number of nitrogens with zero attached hydrogens (tertiary/aromatic N) is 2. The SMILES string of the molecule is CCOC(=O)c1sc(N2C(=O)C(=O)C(=C(O)c3ccc(OC)c(C)c3)[C@H]2c2ccc(O)c(OC)c2)nc1C. The number of carbonyl (C=O) groups is 3. The molecule has 1 atom stereocenters. The van der Waals surface area contributed by atoms with E-state index in [9.17, 15) is 24.6 Å². The third kappa shape index (κ3) is 4.56. The van der Waals surface area contributed by atoms with Gasteiger partial charge in [-0.05, 0) is 62.2 Å². The van der Waals surface area contributed by atoms with E-state index in [-0.39, 0.29) is 33.7 Å². The first-order chi connectivity index (χ1) is 18.1. The smallest absolute Gasteiger partial charge is 0.350 e. The van der Waals surface area contributed by atoms with Gasteiger partial charge in [0.1, 0.15) is 16.4 Å². The number of phenols is 1. The molecular formula is C27H26N2O8S. The lowest BCUT2D eigenvalue weighted by Crippen LogP contribution is -2.29. The number of aromatic hydroxyl groups is 1. The van der Waals surface area contributed by atoms with Gasteiger partial charge in [-0.25, -0.2) is 9.78 Å². The number of anilines is 1. The maximum absolute atomic E-state index is 13.4. The fourth-order valence-electron chi connectivity index (χ4n) is 4.26. The molecule has 2 aromatic carbocycles. The van der Waals surface area contributed by atoms with Gasteiger partial charge in [-0.1, -0.05) is 17.4 Å². The van der Waals surface area contributed by atoms with Gasteiger partial charge in [0.25, 0.3) is 5.78 Å². The molecule has 11 heteroatoms. The second kappa shape index (κ2) is 10.5. The number of Topliss-reactive ketones (excluding diaryl/α,β-unsaturated/α-hetero) is 1. The number of carbonyl (C=O) groups excluding carboxylic acids is 3. The Morgan fingerprint density at radius 1 is 1.08 bits per heavy atom. The number of aliphatic hydroxyl groups is 1. The number of amides is 1. The highest BCUT2D eigenvalue weighted by atomic mass is 32.1. The van der Waals surface area contributed by atoms with Crippen molar-refractivity contribution in [2.24, 2.45) is 0 Å². The molecule has 4 rings (SSSR count). The third-order valence-electron chi connectivity index (χ3n) is 6.08. The number of rotatable bonds is 7. The summed E-state index contributed by atoms with van der Waals surface area (Å²) in [5.41, 5.74) is 1.54. The minimum Gasteiger partial charge on any atom is -0.507 e. The van der Waals surface area contributed by atoms with Crippen LogP contribution in [0.1, 0.15) is 45.0 Å². The van der Waals surface area contributed by atoms with Gasteiger partial charge in [0.05, 0.1) is 38.1 Å². The maximum atomic E-state index is 13.4. The van der Waals surface area contributed by atoms with Crippen LogP contribution in [0.25, 0.3) is 5.76 Å².